The molecule has 10 nitrogen and oxygen atoms in total. The largest absolute Gasteiger partial charge is 0.496 e. The second-order valence-electron chi connectivity index (χ2n) is 15.1. The van der Waals surface area contributed by atoms with E-state index in [0.29, 0.717) is 6.54 Å². The fourth-order valence-corrected chi connectivity index (χ4v) is 8.60. The second kappa shape index (κ2) is 13.4. The van der Waals surface area contributed by atoms with Gasteiger partial charge in [-0.05, 0) is 131 Å². The number of benzene rings is 1. The number of pyridine rings is 1. The number of aryl methyl sites for hydroxylation is 1. The molecule has 4 fully saturated rings. The van der Waals surface area contributed by atoms with E-state index in [0.717, 1.165) is 86.9 Å². The highest BCUT2D eigenvalue weighted by Gasteiger charge is 2.51. The summed E-state index contributed by atoms with van der Waals surface area (Å²) >= 11 is 0. The Bertz CT molecular complexity index is 1760. The molecule has 49 heavy (non-hydrogen) atoms. The Morgan fingerprint density at radius 3 is 2.39 bits per heavy atom. The summed E-state index contributed by atoms with van der Waals surface area (Å²) in [6.07, 6.45) is 20.2. The molecule has 3 aromatic heterocycles. The molecule has 4 aliphatic rings. The van der Waals surface area contributed by atoms with E-state index in [9.17, 15) is 9.59 Å². The van der Waals surface area contributed by atoms with Gasteiger partial charge in [0.2, 0.25) is 5.91 Å². The van der Waals surface area contributed by atoms with Crippen molar-refractivity contribution < 1.29 is 14.3 Å². The summed E-state index contributed by atoms with van der Waals surface area (Å²) < 4.78 is 8.97. The highest BCUT2D eigenvalue weighted by Crippen LogP contribution is 2.58. The number of hydrogen-bond acceptors (Lipinski definition) is 6. The van der Waals surface area contributed by atoms with Crippen LogP contribution in [0.5, 0.6) is 5.75 Å². The summed E-state index contributed by atoms with van der Waals surface area (Å²) in [7, 11) is 1.73. The van der Waals surface area contributed by atoms with Crippen LogP contribution in [-0.4, -0.2) is 56.0 Å². The third kappa shape index (κ3) is 6.62. The summed E-state index contributed by atoms with van der Waals surface area (Å²) in [4.78, 5) is 38.1. The molecular weight excluding hydrogens is 614 g/mol. The van der Waals surface area contributed by atoms with Crippen LogP contribution in [0.25, 0.3) is 11.1 Å². The number of ether oxygens (including phenoxy) is 1. The molecule has 10 heteroatoms. The molecule has 4 aliphatic carbocycles. The third-order valence-electron chi connectivity index (χ3n) is 11.8. The second-order valence-corrected chi connectivity index (χ2v) is 15.1. The molecule has 258 valence electrons. The lowest BCUT2D eigenvalue weighted by Gasteiger charge is -2.55. The highest BCUT2D eigenvalue weighted by molar-refractivity contribution is 5.95. The first-order chi connectivity index (χ1) is 23.7. The molecule has 0 aliphatic heterocycles. The van der Waals surface area contributed by atoms with Crippen LogP contribution in [0.3, 0.4) is 0 Å². The lowest BCUT2D eigenvalue weighted by Crippen LogP contribution is -2.52. The molecule has 3 heterocycles. The summed E-state index contributed by atoms with van der Waals surface area (Å²) in [6, 6.07) is 10.9. The van der Waals surface area contributed by atoms with Crippen molar-refractivity contribution >= 4 is 17.8 Å². The van der Waals surface area contributed by atoms with Crippen molar-refractivity contribution in [2.75, 3.05) is 18.6 Å². The topological polar surface area (TPSA) is 107 Å². The van der Waals surface area contributed by atoms with Crippen molar-refractivity contribution in [3.8, 4) is 16.9 Å². The Morgan fingerprint density at radius 2 is 1.76 bits per heavy atom. The molecule has 1 aromatic carbocycles. The molecule has 2 bridgehead atoms. The Labute approximate surface area is 289 Å². The molecule has 1 N–H and O–H groups in total. The maximum Gasteiger partial charge on any atom is 0.327 e. The molecule has 2 amide bonds. The molecule has 0 saturated heterocycles. The van der Waals surface area contributed by atoms with Crippen LogP contribution < -0.4 is 15.0 Å². The summed E-state index contributed by atoms with van der Waals surface area (Å²) in [5.41, 5.74) is 4.91. The molecule has 0 unspecified atom stereocenters. The highest BCUT2D eigenvalue weighted by atomic mass is 16.5. The quantitative estimate of drug-likeness (QED) is 0.199. The molecule has 8 rings (SSSR count). The molecule has 0 radical (unpaired) electrons. The number of imidazole rings is 1. The summed E-state index contributed by atoms with van der Waals surface area (Å²) in [6.45, 7) is 7.05. The maximum absolute atomic E-state index is 14.6. The normalized spacial score (nSPS) is 24.9. The van der Waals surface area contributed by atoms with Crippen LogP contribution in [0.15, 0.2) is 67.6 Å². The van der Waals surface area contributed by atoms with E-state index in [1.165, 1.54) is 22.0 Å². The van der Waals surface area contributed by atoms with Crippen molar-refractivity contribution in [1.82, 2.24) is 29.6 Å². The Balaban J connectivity index is 1.11. The van der Waals surface area contributed by atoms with Gasteiger partial charge in [-0.2, -0.15) is 5.10 Å². The fourth-order valence-electron chi connectivity index (χ4n) is 8.60. The number of fused-ring (bicyclic) bond motifs is 3. The van der Waals surface area contributed by atoms with Gasteiger partial charge in [0, 0.05) is 54.9 Å². The molecular formula is C39H49N7O3. The third-order valence-corrected chi connectivity index (χ3v) is 11.8. The van der Waals surface area contributed by atoms with Gasteiger partial charge in [-0.15, -0.1) is 0 Å². The molecule has 0 spiro atoms. The van der Waals surface area contributed by atoms with E-state index in [-0.39, 0.29) is 40.8 Å². The SMILES string of the molecule is COc1ccc(C23CCC(CN(C(=O)C4CCC(NC(=O)n5ccnc5)CC4)c4cc(-c5cnn(C(C)C)c5)ccn4)(CC2)CC3)cc1C. The summed E-state index contributed by atoms with van der Waals surface area (Å²) in [5.74, 6) is 1.71. The number of amides is 2. The van der Waals surface area contributed by atoms with E-state index in [2.05, 4.69) is 66.6 Å². The van der Waals surface area contributed by atoms with E-state index in [4.69, 9.17) is 9.72 Å². The van der Waals surface area contributed by atoms with Crippen LogP contribution in [0.2, 0.25) is 0 Å². The van der Waals surface area contributed by atoms with Gasteiger partial charge in [-0.25, -0.2) is 14.8 Å². The zero-order valence-corrected chi connectivity index (χ0v) is 29.3. The number of carbonyl (C=O) groups is 2. The molecule has 4 aromatic rings. The lowest BCUT2D eigenvalue weighted by molar-refractivity contribution is -0.124. The van der Waals surface area contributed by atoms with Gasteiger partial charge < -0.3 is 10.1 Å². The minimum absolute atomic E-state index is 0.0383. The van der Waals surface area contributed by atoms with Crippen LogP contribution >= 0.6 is 0 Å². The number of methoxy groups -OCH3 is 1. The van der Waals surface area contributed by atoms with Crippen LogP contribution in [0.1, 0.15) is 95.2 Å². The van der Waals surface area contributed by atoms with Gasteiger partial charge in [0.05, 0.1) is 13.3 Å². The van der Waals surface area contributed by atoms with E-state index >= 15 is 0 Å². The number of hydrogen-bond donors (Lipinski definition) is 1. The standard InChI is InChI=1S/C39H49N7O3/c1-27(2)46-24-31(23-42-46)30-11-18-41-35(22-30)45(36(47)29-5-8-33(9-6-29)43-37(48)44-20-19-40-26-44)25-38-12-15-39(16-13-38,17-14-38)32-7-10-34(49-4)28(3)21-32/h7,10-11,18-24,26-27,29,33H,5-6,8-9,12-17,25H2,1-4H3,(H,43,48). The average Bonchev–Trinajstić information content (AvgIpc) is 3.86. The van der Waals surface area contributed by atoms with E-state index in [1.807, 2.05) is 28.0 Å². The van der Waals surface area contributed by atoms with Crippen LogP contribution in [0, 0.1) is 18.3 Å². The van der Waals surface area contributed by atoms with Gasteiger partial charge in [0.1, 0.15) is 17.9 Å². The first kappa shape index (κ1) is 33.0. The van der Waals surface area contributed by atoms with Crippen molar-refractivity contribution in [1.29, 1.82) is 0 Å². The number of nitrogens with zero attached hydrogens (tertiary/aromatic N) is 6. The van der Waals surface area contributed by atoms with Crippen molar-refractivity contribution in [2.24, 2.45) is 11.3 Å². The van der Waals surface area contributed by atoms with Gasteiger partial charge in [-0.3, -0.25) is 18.9 Å². The number of nitrogens with one attached hydrogen (secondary N) is 1. The number of carbonyl (C=O) groups excluding carboxylic acids is 2. The number of rotatable bonds is 9. The average molecular weight is 664 g/mol. The van der Waals surface area contributed by atoms with Crippen molar-refractivity contribution in [2.45, 2.75) is 102 Å². The minimum atomic E-state index is -0.176. The van der Waals surface area contributed by atoms with E-state index < -0.39 is 0 Å². The minimum Gasteiger partial charge on any atom is -0.496 e. The Kier molecular flexibility index (Phi) is 9.07. The lowest BCUT2D eigenvalue weighted by atomic mass is 9.51. The van der Waals surface area contributed by atoms with Gasteiger partial charge in [0.25, 0.3) is 0 Å². The first-order valence-corrected chi connectivity index (χ1v) is 17.9. The summed E-state index contributed by atoms with van der Waals surface area (Å²) in [5, 5.41) is 7.68. The monoisotopic (exact) mass is 663 g/mol. The zero-order chi connectivity index (χ0) is 34.2. The first-order valence-electron chi connectivity index (χ1n) is 17.9. The van der Waals surface area contributed by atoms with Crippen molar-refractivity contribution in [3.63, 3.8) is 0 Å². The molecule has 0 atom stereocenters. The predicted octanol–water partition coefficient (Wildman–Crippen LogP) is 7.48. The van der Waals surface area contributed by atoms with Gasteiger partial charge >= 0.3 is 6.03 Å². The predicted molar refractivity (Wildman–Crippen MR) is 190 cm³/mol. The van der Waals surface area contributed by atoms with Gasteiger partial charge in [-0.1, -0.05) is 12.1 Å². The number of aromatic nitrogens is 5. The number of anilines is 1. The fraction of sp³-hybridized carbons (Fsp3) is 0.513. The maximum atomic E-state index is 14.6. The zero-order valence-electron chi connectivity index (χ0n) is 29.3. The van der Waals surface area contributed by atoms with Crippen LogP contribution in [0.4, 0.5) is 10.6 Å². The smallest absolute Gasteiger partial charge is 0.327 e. The van der Waals surface area contributed by atoms with Gasteiger partial charge in [0.15, 0.2) is 0 Å². The Morgan fingerprint density at radius 1 is 1.00 bits per heavy atom. The van der Waals surface area contributed by atoms with E-state index in [1.54, 1.807) is 19.5 Å². The Hall–Kier alpha value is -4.47. The van der Waals surface area contributed by atoms with Crippen LogP contribution in [-0.2, 0) is 10.2 Å². The molecule has 4 saturated carbocycles. The van der Waals surface area contributed by atoms with Crippen molar-refractivity contribution in [3.05, 3.63) is 78.8 Å².